The molecule has 2 N–H and O–H groups in total. The maximum Gasteiger partial charge on any atom is 0.224 e. The highest BCUT2D eigenvalue weighted by Gasteiger charge is 2.46. The van der Waals surface area contributed by atoms with Gasteiger partial charge in [0.05, 0.1) is 18.6 Å². The third-order valence-corrected chi connectivity index (χ3v) is 5.95. The number of morpholine rings is 1. The lowest BCUT2D eigenvalue weighted by Gasteiger charge is -2.26. The molecule has 0 aromatic heterocycles. The molecular weight excluding hydrogens is 316 g/mol. The molecule has 2 atom stereocenters. The third kappa shape index (κ3) is 3.53. The standard InChI is InChI=1S/C20H27N2O3/c21-19(23)20-4-3-15(13-20)11-16-1-2-18(12-17(16)14-20)25-10-7-22-5-8-24-9-6-22/h1-2,12-13,15H,3-11,14H2,(H2,21,23). The van der Waals surface area contributed by atoms with Gasteiger partial charge in [-0.1, -0.05) is 6.07 Å². The summed E-state index contributed by atoms with van der Waals surface area (Å²) in [5, 5.41) is 0. The van der Waals surface area contributed by atoms with Crippen molar-refractivity contribution in [2.45, 2.75) is 25.7 Å². The van der Waals surface area contributed by atoms with Gasteiger partial charge in [0.15, 0.2) is 0 Å². The van der Waals surface area contributed by atoms with E-state index in [0.29, 0.717) is 12.5 Å². The fraction of sp³-hybridized carbons (Fsp3) is 0.600. The average Bonchev–Trinajstić information content (AvgIpc) is 2.93. The zero-order chi connectivity index (χ0) is 17.3. The van der Waals surface area contributed by atoms with Gasteiger partial charge in [0.1, 0.15) is 12.4 Å². The van der Waals surface area contributed by atoms with Gasteiger partial charge in [0, 0.05) is 19.6 Å². The number of hydrogen-bond acceptors (Lipinski definition) is 4. The Labute approximate surface area is 149 Å². The lowest BCUT2D eigenvalue weighted by Crippen LogP contribution is -2.38. The van der Waals surface area contributed by atoms with Gasteiger partial charge in [-0.15, -0.1) is 0 Å². The summed E-state index contributed by atoms with van der Waals surface area (Å²) < 4.78 is 11.3. The van der Waals surface area contributed by atoms with Gasteiger partial charge in [0.2, 0.25) is 5.91 Å². The Hall–Kier alpha value is -1.59. The Morgan fingerprint density at radius 3 is 2.96 bits per heavy atom. The van der Waals surface area contributed by atoms with E-state index in [4.69, 9.17) is 15.2 Å². The Bertz CT molecular complexity index is 642. The molecule has 5 heteroatoms. The number of primary amides is 1. The first-order valence-corrected chi connectivity index (χ1v) is 9.35. The molecule has 2 bridgehead atoms. The first-order chi connectivity index (χ1) is 12.1. The van der Waals surface area contributed by atoms with Gasteiger partial charge in [-0.05, 0) is 61.3 Å². The van der Waals surface area contributed by atoms with Gasteiger partial charge in [0.25, 0.3) is 0 Å². The van der Waals surface area contributed by atoms with Crippen molar-refractivity contribution in [2.24, 2.45) is 17.1 Å². The summed E-state index contributed by atoms with van der Waals surface area (Å²) >= 11 is 0. The van der Waals surface area contributed by atoms with Gasteiger partial charge in [-0.25, -0.2) is 0 Å². The Balaban J connectivity index is 1.43. The lowest BCUT2D eigenvalue weighted by molar-refractivity contribution is -0.125. The highest BCUT2D eigenvalue weighted by molar-refractivity contribution is 5.83. The minimum atomic E-state index is -0.456. The zero-order valence-corrected chi connectivity index (χ0v) is 14.7. The summed E-state index contributed by atoms with van der Waals surface area (Å²) in [7, 11) is 0. The Kier molecular flexibility index (Phi) is 4.69. The number of rotatable bonds is 5. The molecule has 1 saturated carbocycles. The number of benzene rings is 1. The highest BCUT2D eigenvalue weighted by Crippen LogP contribution is 2.48. The summed E-state index contributed by atoms with van der Waals surface area (Å²) in [6.07, 6.45) is 5.90. The van der Waals surface area contributed by atoms with Crippen LogP contribution in [0.5, 0.6) is 5.75 Å². The second-order valence-corrected chi connectivity index (χ2v) is 7.60. The van der Waals surface area contributed by atoms with E-state index in [1.54, 1.807) is 0 Å². The number of fused-ring (bicyclic) bond motifs is 3. The van der Waals surface area contributed by atoms with E-state index in [1.807, 2.05) is 0 Å². The minimum Gasteiger partial charge on any atom is -0.492 e. The summed E-state index contributed by atoms with van der Waals surface area (Å²) in [5.74, 6) is 1.19. The Morgan fingerprint density at radius 1 is 1.32 bits per heavy atom. The lowest BCUT2D eigenvalue weighted by atomic mass is 9.79. The quantitative estimate of drug-likeness (QED) is 0.882. The monoisotopic (exact) mass is 343 g/mol. The summed E-state index contributed by atoms with van der Waals surface area (Å²) in [6.45, 7) is 5.17. The maximum atomic E-state index is 12.1. The first-order valence-electron chi connectivity index (χ1n) is 9.35. The van der Waals surface area contributed by atoms with Gasteiger partial charge in [-0.3, -0.25) is 9.69 Å². The van der Waals surface area contributed by atoms with Crippen molar-refractivity contribution in [3.05, 3.63) is 35.7 Å². The Morgan fingerprint density at radius 2 is 2.16 bits per heavy atom. The number of carbonyl (C=O) groups excluding carboxylic acids is 1. The number of amides is 1. The number of hydrogen-bond donors (Lipinski definition) is 1. The topological polar surface area (TPSA) is 64.8 Å². The summed E-state index contributed by atoms with van der Waals surface area (Å²) in [6, 6.07) is 6.35. The van der Waals surface area contributed by atoms with Crippen LogP contribution in [0.1, 0.15) is 24.0 Å². The van der Waals surface area contributed by atoms with Gasteiger partial charge >= 0.3 is 0 Å². The molecule has 1 heterocycles. The van der Waals surface area contributed by atoms with Crippen LogP contribution in [0.4, 0.5) is 0 Å². The van der Waals surface area contributed by atoms with Crippen LogP contribution in [0, 0.1) is 17.8 Å². The first kappa shape index (κ1) is 16.9. The van der Waals surface area contributed by atoms with E-state index in [1.165, 1.54) is 11.1 Å². The van der Waals surface area contributed by atoms with Crippen molar-refractivity contribution in [3.8, 4) is 5.75 Å². The van der Waals surface area contributed by atoms with Crippen LogP contribution in [0.3, 0.4) is 0 Å². The predicted octanol–water partition coefficient (Wildman–Crippen LogP) is 1.58. The second-order valence-electron chi connectivity index (χ2n) is 7.60. The molecule has 1 aromatic carbocycles. The molecule has 1 aliphatic heterocycles. The van der Waals surface area contributed by atoms with Crippen molar-refractivity contribution in [1.29, 1.82) is 0 Å². The number of ether oxygens (including phenoxy) is 2. The van der Waals surface area contributed by atoms with Crippen LogP contribution in [-0.4, -0.2) is 50.3 Å². The molecule has 0 spiro atoms. The SMILES string of the molecule is NC(=O)C12[CH]C(CC1)Cc1ccc(OCCN3CCOCC3)cc1C2. The van der Waals surface area contributed by atoms with Crippen molar-refractivity contribution in [2.75, 3.05) is 39.5 Å². The molecule has 2 aliphatic carbocycles. The van der Waals surface area contributed by atoms with Crippen LogP contribution in [0.15, 0.2) is 18.2 Å². The molecule has 2 fully saturated rings. The molecule has 1 radical (unpaired) electrons. The van der Waals surface area contributed by atoms with Crippen LogP contribution in [0.2, 0.25) is 0 Å². The van der Waals surface area contributed by atoms with E-state index >= 15 is 0 Å². The summed E-state index contributed by atoms with van der Waals surface area (Å²) in [4.78, 5) is 14.4. The molecular formula is C20H27N2O3. The van der Waals surface area contributed by atoms with Gasteiger partial charge in [-0.2, -0.15) is 0 Å². The third-order valence-electron chi connectivity index (χ3n) is 5.95. The van der Waals surface area contributed by atoms with Crippen molar-refractivity contribution in [1.82, 2.24) is 4.90 Å². The number of carbonyl (C=O) groups is 1. The molecule has 4 rings (SSSR count). The molecule has 5 nitrogen and oxygen atoms in total. The van der Waals surface area contributed by atoms with E-state index in [-0.39, 0.29) is 5.91 Å². The van der Waals surface area contributed by atoms with Gasteiger partial charge < -0.3 is 15.2 Å². The largest absolute Gasteiger partial charge is 0.492 e. The normalized spacial score (nSPS) is 29.0. The van der Waals surface area contributed by atoms with Crippen LogP contribution >= 0.6 is 0 Å². The molecule has 1 aromatic rings. The smallest absolute Gasteiger partial charge is 0.224 e. The summed E-state index contributed by atoms with van der Waals surface area (Å²) in [5.41, 5.74) is 7.85. The van der Waals surface area contributed by atoms with Crippen LogP contribution in [-0.2, 0) is 22.4 Å². The van der Waals surface area contributed by atoms with Crippen LogP contribution in [0.25, 0.3) is 0 Å². The van der Waals surface area contributed by atoms with Crippen molar-refractivity contribution in [3.63, 3.8) is 0 Å². The fourth-order valence-corrected chi connectivity index (χ4v) is 4.46. The molecule has 25 heavy (non-hydrogen) atoms. The fourth-order valence-electron chi connectivity index (χ4n) is 4.46. The average molecular weight is 343 g/mol. The van der Waals surface area contributed by atoms with E-state index < -0.39 is 5.41 Å². The van der Waals surface area contributed by atoms with E-state index in [9.17, 15) is 4.79 Å². The van der Waals surface area contributed by atoms with E-state index in [2.05, 4.69) is 29.5 Å². The maximum absolute atomic E-state index is 12.1. The predicted molar refractivity (Wildman–Crippen MR) is 95.3 cm³/mol. The molecule has 3 aliphatic rings. The van der Waals surface area contributed by atoms with Crippen molar-refractivity contribution >= 4 is 5.91 Å². The number of nitrogens with two attached hydrogens (primary N) is 1. The second kappa shape index (κ2) is 6.96. The molecule has 1 amide bonds. The number of nitrogens with zero attached hydrogens (tertiary/aromatic N) is 1. The molecule has 135 valence electrons. The molecule has 1 saturated heterocycles. The minimum absolute atomic E-state index is 0.179. The van der Waals surface area contributed by atoms with Crippen LogP contribution < -0.4 is 10.5 Å². The van der Waals surface area contributed by atoms with E-state index in [0.717, 1.165) is 64.3 Å². The molecule has 2 unspecified atom stereocenters. The zero-order valence-electron chi connectivity index (χ0n) is 14.7. The highest BCUT2D eigenvalue weighted by atomic mass is 16.5. The van der Waals surface area contributed by atoms with Crippen molar-refractivity contribution < 1.29 is 14.3 Å².